The summed E-state index contributed by atoms with van der Waals surface area (Å²) in [6, 6.07) is 0. The van der Waals surface area contributed by atoms with E-state index < -0.39 is 38.6 Å². The molecule has 0 aliphatic heterocycles. The Balaban J connectivity index is 3.00. The average Bonchev–Trinajstić information content (AvgIpc) is 2.55. The van der Waals surface area contributed by atoms with Crippen molar-refractivity contribution >= 4 is 118 Å². The lowest BCUT2D eigenvalue weighted by Crippen LogP contribution is -2.73. The standard InChI is InChI=1S/C12H4B10ClNO2/c13-2-1(6(23)5(16)4(15)3(2)14)9(24)7(25)8(26)10(17,18)12(21,22)11(9,19)20/h8,26H,24H2. The number of nitrogens with two attached hydrogens (primary N) is 1. The molecular formula is C12H4B10ClNO2. The summed E-state index contributed by atoms with van der Waals surface area (Å²) in [6.45, 7) is 0. The highest BCUT2D eigenvalue weighted by Crippen LogP contribution is 2.68. The fourth-order valence-corrected chi connectivity index (χ4v) is 3.41. The largest absolute Gasteiger partial charge is 0.386 e. The Morgan fingerprint density at radius 2 is 1.27 bits per heavy atom. The predicted molar refractivity (Wildman–Crippen MR) is 112 cm³/mol. The summed E-state index contributed by atoms with van der Waals surface area (Å²) in [5.74, 6) is -1.24. The molecule has 0 aromatic heterocycles. The third-order valence-electron chi connectivity index (χ3n) is 5.13. The lowest BCUT2D eigenvalue weighted by Gasteiger charge is -2.67. The molecule has 1 aromatic carbocycles. The van der Waals surface area contributed by atoms with E-state index in [1.165, 1.54) is 0 Å². The van der Waals surface area contributed by atoms with Gasteiger partial charge in [0.2, 0.25) is 0 Å². The minimum absolute atomic E-state index is 0.151. The van der Waals surface area contributed by atoms with Crippen LogP contribution in [-0.4, -0.2) is 95.5 Å². The van der Waals surface area contributed by atoms with Gasteiger partial charge in [0, 0.05) is 5.02 Å². The maximum absolute atomic E-state index is 12.9. The lowest BCUT2D eigenvalue weighted by atomic mass is 9.11. The van der Waals surface area contributed by atoms with Crippen molar-refractivity contribution in [3.63, 3.8) is 0 Å². The van der Waals surface area contributed by atoms with Crippen molar-refractivity contribution in [3.05, 3.63) is 10.6 Å². The van der Waals surface area contributed by atoms with Gasteiger partial charge in [-0.25, -0.2) is 0 Å². The first-order chi connectivity index (χ1) is 11.5. The van der Waals surface area contributed by atoms with E-state index in [2.05, 4.69) is 0 Å². The molecule has 2 unspecified atom stereocenters. The molecular weight excluding hydrogens is 334 g/mol. The summed E-state index contributed by atoms with van der Waals surface area (Å²) in [4.78, 5) is 12.9. The number of halogens is 1. The van der Waals surface area contributed by atoms with Crippen LogP contribution in [0.4, 0.5) is 0 Å². The first-order valence-corrected chi connectivity index (χ1v) is 7.53. The second kappa shape index (κ2) is 6.12. The molecule has 26 heavy (non-hydrogen) atoms. The topological polar surface area (TPSA) is 63.3 Å². The van der Waals surface area contributed by atoms with Gasteiger partial charge in [-0.3, -0.25) is 4.79 Å². The van der Waals surface area contributed by atoms with Crippen molar-refractivity contribution < 1.29 is 9.90 Å². The molecule has 20 radical (unpaired) electrons. The number of carbonyl (C=O) groups excluding carboxylic acids is 1. The molecule has 3 nitrogen and oxygen atoms in total. The highest BCUT2D eigenvalue weighted by Gasteiger charge is 2.66. The van der Waals surface area contributed by atoms with E-state index in [4.69, 9.17) is 95.8 Å². The zero-order valence-electron chi connectivity index (χ0n) is 13.7. The van der Waals surface area contributed by atoms with E-state index in [1.807, 2.05) is 0 Å². The Morgan fingerprint density at radius 3 is 1.73 bits per heavy atom. The maximum atomic E-state index is 12.9. The fraction of sp³-hybridized carbons (Fsp3) is 0.417. The quantitative estimate of drug-likeness (QED) is 0.502. The molecule has 0 heterocycles. The zero-order chi connectivity index (χ0) is 20.6. The minimum atomic E-state index is -2.57. The van der Waals surface area contributed by atoms with Gasteiger partial charge in [-0.2, -0.15) is 0 Å². The fourth-order valence-electron chi connectivity index (χ4n) is 3.06. The summed E-state index contributed by atoms with van der Waals surface area (Å²) in [6.07, 6.45) is -2.18. The van der Waals surface area contributed by atoms with Crippen LogP contribution in [0.5, 0.6) is 0 Å². The van der Waals surface area contributed by atoms with Gasteiger partial charge in [0.1, 0.15) is 37.5 Å². The number of aliphatic hydroxyl groups is 1. The molecule has 3 N–H and O–H groups in total. The second-order valence-corrected chi connectivity index (χ2v) is 6.97. The smallest absolute Gasteiger partial charge is 0.183 e. The lowest BCUT2D eigenvalue weighted by molar-refractivity contribution is -0.138. The van der Waals surface area contributed by atoms with Crippen LogP contribution in [0.15, 0.2) is 0 Å². The van der Waals surface area contributed by atoms with Crippen LogP contribution >= 0.6 is 11.6 Å². The molecule has 106 valence electrons. The van der Waals surface area contributed by atoms with Crippen molar-refractivity contribution in [1.29, 1.82) is 0 Å². The Kier molecular flexibility index (Phi) is 5.19. The van der Waals surface area contributed by atoms with Gasteiger partial charge in [-0.1, -0.05) is 33.0 Å². The highest BCUT2D eigenvalue weighted by molar-refractivity contribution is 6.67. The van der Waals surface area contributed by atoms with Crippen molar-refractivity contribution in [3.8, 4) is 0 Å². The third kappa shape index (κ3) is 2.32. The van der Waals surface area contributed by atoms with Crippen LogP contribution in [0.2, 0.25) is 20.7 Å². The number of aliphatic hydroxyl groups excluding tert-OH is 1. The molecule has 14 heteroatoms. The molecule has 2 atom stereocenters. The Morgan fingerprint density at radius 1 is 0.846 bits per heavy atom. The highest BCUT2D eigenvalue weighted by atomic mass is 35.5. The molecule has 1 fully saturated rings. The molecule has 1 saturated carbocycles. The van der Waals surface area contributed by atoms with Crippen LogP contribution in [0, 0.1) is 0 Å². The predicted octanol–water partition coefficient (Wildman–Crippen LogP) is -6.03. The van der Waals surface area contributed by atoms with Crippen molar-refractivity contribution in [1.82, 2.24) is 0 Å². The van der Waals surface area contributed by atoms with E-state index in [0.29, 0.717) is 0 Å². The summed E-state index contributed by atoms with van der Waals surface area (Å²) in [5.41, 5.74) is 2.28. The third-order valence-corrected chi connectivity index (χ3v) is 5.53. The van der Waals surface area contributed by atoms with Gasteiger partial charge >= 0.3 is 0 Å². The second-order valence-electron chi connectivity index (χ2n) is 6.59. The molecule has 2 rings (SSSR count). The Labute approximate surface area is 171 Å². The van der Waals surface area contributed by atoms with E-state index in [-0.39, 0.29) is 26.9 Å². The van der Waals surface area contributed by atoms with Gasteiger partial charge in [-0.15, -0.1) is 16.1 Å². The van der Waals surface area contributed by atoms with E-state index in [0.717, 1.165) is 0 Å². The van der Waals surface area contributed by atoms with Gasteiger partial charge in [0.05, 0.1) is 52.6 Å². The number of carbonyl (C=O) groups is 1. The van der Waals surface area contributed by atoms with Crippen molar-refractivity contribution in [2.75, 3.05) is 0 Å². The van der Waals surface area contributed by atoms with Crippen LogP contribution < -0.4 is 27.6 Å². The van der Waals surface area contributed by atoms with Gasteiger partial charge in [-0.05, 0) is 5.56 Å². The Bertz CT molecular complexity index is 785. The number of hydrogen-bond donors (Lipinski definition) is 2. The molecule has 1 aliphatic carbocycles. The minimum Gasteiger partial charge on any atom is -0.386 e. The van der Waals surface area contributed by atoms with E-state index >= 15 is 0 Å². The van der Waals surface area contributed by atoms with Crippen LogP contribution in [0.25, 0.3) is 0 Å². The van der Waals surface area contributed by atoms with E-state index in [1.54, 1.807) is 0 Å². The molecule has 0 saturated heterocycles. The summed E-state index contributed by atoms with van der Waals surface area (Å²) >= 11 is 6.19. The molecule has 1 aliphatic rings. The van der Waals surface area contributed by atoms with Gasteiger partial charge < -0.3 is 10.8 Å². The van der Waals surface area contributed by atoms with Crippen LogP contribution in [0.1, 0.15) is 5.56 Å². The maximum Gasteiger partial charge on any atom is 0.183 e. The van der Waals surface area contributed by atoms with Crippen molar-refractivity contribution in [2.24, 2.45) is 5.73 Å². The van der Waals surface area contributed by atoms with Gasteiger partial charge in [0.25, 0.3) is 0 Å². The van der Waals surface area contributed by atoms with Crippen LogP contribution in [0.3, 0.4) is 0 Å². The summed E-state index contributed by atoms with van der Waals surface area (Å²) < 4.78 is 0. The Hall–Kier alpha value is -0.251. The first-order valence-electron chi connectivity index (χ1n) is 7.15. The molecule has 0 bridgehead atoms. The summed E-state index contributed by atoms with van der Waals surface area (Å²) in [5, 5.41) is 2.47. The van der Waals surface area contributed by atoms with Gasteiger partial charge in [0.15, 0.2) is 5.78 Å². The average molecular weight is 338 g/mol. The number of benzene rings is 1. The molecule has 0 spiro atoms. The normalized spacial score (nSPS) is 29.3. The number of Topliss-reactive ketones (excluding diaryl/α,β-unsaturated/α-hetero) is 1. The zero-order valence-corrected chi connectivity index (χ0v) is 14.4. The summed E-state index contributed by atoms with van der Waals surface area (Å²) in [7, 11) is 58.6. The number of hydrogen-bond acceptors (Lipinski definition) is 3. The molecule has 0 amide bonds. The van der Waals surface area contributed by atoms with E-state index in [9.17, 15) is 9.90 Å². The molecule has 1 aromatic rings. The monoisotopic (exact) mass is 339 g/mol. The van der Waals surface area contributed by atoms with Crippen molar-refractivity contribution in [2.45, 2.75) is 27.3 Å². The first kappa shape index (κ1) is 22.0. The number of rotatable bonds is 1. The number of ketones is 1. The SMILES string of the molecule is [B]c1c([B])c([B])c(C2(N)C(=O)C(O)C([B])([B])C([B])([B])C2([B])[B])c(Cl)c1[B]. The van der Waals surface area contributed by atoms with Crippen LogP contribution in [-0.2, 0) is 10.3 Å².